The van der Waals surface area contributed by atoms with E-state index < -0.39 is 12.2 Å². The van der Waals surface area contributed by atoms with E-state index in [0.717, 1.165) is 16.7 Å². The van der Waals surface area contributed by atoms with Crippen LogP contribution >= 0.6 is 0 Å². The van der Waals surface area contributed by atoms with E-state index in [2.05, 4.69) is 5.32 Å². The highest BCUT2D eigenvalue weighted by Gasteiger charge is 2.16. The third-order valence-electron chi connectivity index (χ3n) is 4.50. The normalized spacial score (nSPS) is 11.9. The summed E-state index contributed by atoms with van der Waals surface area (Å²) in [6, 6.07) is 17.4. The first-order chi connectivity index (χ1) is 14.0. The van der Waals surface area contributed by atoms with Gasteiger partial charge in [-0.1, -0.05) is 24.3 Å². The zero-order valence-electron chi connectivity index (χ0n) is 16.1. The molecule has 1 unspecified atom stereocenters. The van der Waals surface area contributed by atoms with Gasteiger partial charge in [-0.2, -0.15) is 0 Å². The van der Waals surface area contributed by atoms with E-state index in [0.29, 0.717) is 17.7 Å². The van der Waals surface area contributed by atoms with E-state index in [1.165, 1.54) is 31.4 Å². The van der Waals surface area contributed by atoms with Gasteiger partial charge in [-0.15, -0.1) is 0 Å². The van der Waals surface area contributed by atoms with Crippen LogP contribution in [0.5, 0.6) is 0 Å². The first kappa shape index (κ1) is 20.6. The van der Waals surface area contributed by atoms with Crippen LogP contribution in [0.4, 0.5) is 8.78 Å². The first-order valence-corrected chi connectivity index (χ1v) is 9.00. The molecule has 0 aromatic heterocycles. The Morgan fingerprint density at radius 1 is 0.897 bits per heavy atom. The predicted octanol–water partition coefficient (Wildman–Crippen LogP) is 4.85. The van der Waals surface area contributed by atoms with Crippen LogP contribution in [0.2, 0.25) is 0 Å². The van der Waals surface area contributed by atoms with Crippen molar-refractivity contribution < 1.29 is 23.0 Å². The quantitative estimate of drug-likeness (QED) is 0.457. The molecule has 0 radical (unpaired) electrons. The van der Waals surface area contributed by atoms with E-state index in [1.807, 2.05) is 6.07 Å². The average Bonchev–Trinajstić information content (AvgIpc) is 2.75. The molecule has 0 amide bonds. The lowest BCUT2D eigenvalue weighted by Crippen LogP contribution is -2.23. The summed E-state index contributed by atoms with van der Waals surface area (Å²) in [6.45, 7) is 0.438. The summed E-state index contributed by atoms with van der Waals surface area (Å²) >= 11 is 0. The molecule has 0 aliphatic rings. The standard InChI is InChI=1S/C23H21F2NO3/c1-28-22(26-14-15-3-7-20(24)8-4-15)18-11-17(12-19(13-18)23(27)29-2)16-5-9-21(25)10-6-16/h3-13,22,26H,14H2,1-2H3. The zero-order valence-corrected chi connectivity index (χ0v) is 16.1. The maximum Gasteiger partial charge on any atom is 0.337 e. The van der Waals surface area contributed by atoms with E-state index in [1.54, 1.807) is 43.5 Å². The third kappa shape index (κ3) is 5.25. The second-order valence-corrected chi connectivity index (χ2v) is 6.47. The largest absolute Gasteiger partial charge is 0.465 e. The molecule has 0 spiro atoms. The van der Waals surface area contributed by atoms with Crippen molar-refractivity contribution in [3.8, 4) is 11.1 Å². The Labute approximate surface area is 168 Å². The number of methoxy groups -OCH3 is 2. The summed E-state index contributed by atoms with van der Waals surface area (Å²) in [6.07, 6.45) is -0.524. The Hall–Kier alpha value is -3.09. The van der Waals surface area contributed by atoms with Crippen molar-refractivity contribution in [3.05, 3.63) is 95.1 Å². The fourth-order valence-corrected chi connectivity index (χ4v) is 3.00. The molecule has 0 bridgehead atoms. The molecule has 3 aromatic rings. The lowest BCUT2D eigenvalue weighted by Gasteiger charge is -2.19. The summed E-state index contributed by atoms with van der Waals surface area (Å²) in [5.41, 5.74) is 3.43. The number of esters is 1. The van der Waals surface area contributed by atoms with Crippen LogP contribution in [0.15, 0.2) is 66.7 Å². The zero-order chi connectivity index (χ0) is 20.8. The van der Waals surface area contributed by atoms with Crippen LogP contribution < -0.4 is 5.32 Å². The highest BCUT2D eigenvalue weighted by Crippen LogP contribution is 2.27. The molecule has 3 rings (SSSR count). The van der Waals surface area contributed by atoms with E-state index in [4.69, 9.17) is 9.47 Å². The van der Waals surface area contributed by atoms with Crippen LogP contribution in [0.1, 0.15) is 27.7 Å². The Kier molecular flexibility index (Phi) is 6.69. The first-order valence-electron chi connectivity index (χ1n) is 9.00. The molecule has 0 heterocycles. The van der Waals surface area contributed by atoms with E-state index in [-0.39, 0.29) is 11.6 Å². The van der Waals surface area contributed by atoms with Crippen molar-refractivity contribution in [2.45, 2.75) is 12.8 Å². The summed E-state index contributed by atoms with van der Waals surface area (Å²) in [5.74, 6) is -1.12. The maximum atomic E-state index is 13.3. The lowest BCUT2D eigenvalue weighted by atomic mass is 9.98. The number of carbonyl (C=O) groups excluding carboxylic acids is 1. The van der Waals surface area contributed by atoms with Gasteiger partial charge in [-0.25, -0.2) is 13.6 Å². The maximum absolute atomic E-state index is 13.3. The topological polar surface area (TPSA) is 47.6 Å². The van der Waals surface area contributed by atoms with Gasteiger partial charge < -0.3 is 9.47 Å². The lowest BCUT2D eigenvalue weighted by molar-refractivity contribution is 0.0597. The van der Waals surface area contributed by atoms with Gasteiger partial charge in [0.2, 0.25) is 0 Å². The Morgan fingerprint density at radius 3 is 2.10 bits per heavy atom. The molecule has 0 aliphatic heterocycles. The minimum atomic E-state index is -0.524. The summed E-state index contributed by atoms with van der Waals surface area (Å²) in [4.78, 5) is 12.1. The number of nitrogens with one attached hydrogen (secondary N) is 1. The van der Waals surface area contributed by atoms with Gasteiger partial charge in [-0.05, 0) is 64.7 Å². The number of carbonyl (C=O) groups is 1. The molecule has 3 aromatic carbocycles. The predicted molar refractivity (Wildman–Crippen MR) is 106 cm³/mol. The Bertz CT molecular complexity index is 972. The molecule has 0 fully saturated rings. The molecular formula is C23H21F2NO3. The molecule has 6 heteroatoms. The molecule has 29 heavy (non-hydrogen) atoms. The van der Waals surface area contributed by atoms with Crippen LogP contribution in [0.3, 0.4) is 0 Å². The number of hydrogen-bond donors (Lipinski definition) is 1. The fourth-order valence-electron chi connectivity index (χ4n) is 3.00. The van der Waals surface area contributed by atoms with Crippen LogP contribution in [-0.2, 0) is 16.0 Å². The summed E-state index contributed by atoms with van der Waals surface area (Å²) < 4.78 is 36.8. The molecule has 4 nitrogen and oxygen atoms in total. The number of ether oxygens (including phenoxy) is 2. The van der Waals surface area contributed by atoms with Gasteiger partial charge in [0.05, 0.1) is 12.7 Å². The molecule has 0 aliphatic carbocycles. The van der Waals surface area contributed by atoms with Gasteiger partial charge in [0.15, 0.2) is 0 Å². The van der Waals surface area contributed by atoms with Crippen molar-refractivity contribution >= 4 is 5.97 Å². The van der Waals surface area contributed by atoms with E-state index in [9.17, 15) is 13.6 Å². The monoisotopic (exact) mass is 397 g/mol. The molecule has 0 saturated carbocycles. The fraction of sp³-hybridized carbons (Fsp3) is 0.174. The second-order valence-electron chi connectivity index (χ2n) is 6.47. The number of hydrogen-bond acceptors (Lipinski definition) is 4. The van der Waals surface area contributed by atoms with Crippen LogP contribution in [0.25, 0.3) is 11.1 Å². The van der Waals surface area contributed by atoms with Crippen molar-refractivity contribution in [3.63, 3.8) is 0 Å². The number of halogens is 2. The van der Waals surface area contributed by atoms with Gasteiger partial charge >= 0.3 is 5.97 Å². The molecule has 1 atom stereocenters. The number of rotatable bonds is 7. The Balaban J connectivity index is 1.92. The van der Waals surface area contributed by atoms with E-state index >= 15 is 0 Å². The second kappa shape index (κ2) is 9.41. The smallest absolute Gasteiger partial charge is 0.337 e. The van der Waals surface area contributed by atoms with Gasteiger partial charge in [-0.3, -0.25) is 5.32 Å². The average molecular weight is 397 g/mol. The van der Waals surface area contributed by atoms with Crippen molar-refractivity contribution in [1.29, 1.82) is 0 Å². The van der Waals surface area contributed by atoms with Gasteiger partial charge in [0.25, 0.3) is 0 Å². The van der Waals surface area contributed by atoms with Crippen molar-refractivity contribution in [2.75, 3.05) is 14.2 Å². The molecule has 0 saturated heterocycles. The summed E-state index contributed by atoms with van der Waals surface area (Å²) in [5, 5.41) is 3.24. The highest BCUT2D eigenvalue weighted by atomic mass is 19.1. The van der Waals surface area contributed by atoms with Gasteiger partial charge in [0, 0.05) is 13.7 Å². The SMILES string of the molecule is COC(=O)c1cc(-c2ccc(F)cc2)cc(C(NCc2ccc(F)cc2)OC)c1. The highest BCUT2D eigenvalue weighted by molar-refractivity contribution is 5.91. The minimum absolute atomic E-state index is 0.299. The van der Waals surface area contributed by atoms with Gasteiger partial charge in [0.1, 0.15) is 17.9 Å². The molecular weight excluding hydrogens is 376 g/mol. The third-order valence-corrected chi connectivity index (χ3v) is 4.50. The van der Waals surface area contributed by atoms with Crippen molar-refractivity contribution in [1.82, 2.24) is 5.32 Å². The molecule has 150 valence electrons. The van der Waals surface area contributed by atoms with Crippen molar-refractivity contribution in [2.24, 2.45) is 0 Å². The summed E-state index contributed by atoms with van der Waals surface area (Å²) in [7, 11) is 2.86. The Morgan fingerprint density at radius 2 is 1.52 bits per heavy atom. The van der Waals surface area contributed by atoms with Crippen LogP contribution in [0, 0.1) is 11.6 Å². The molecule has 1 N–H and O–H groups in total. The minimum Gasteiger partial charge on any atom is -0.465 e. The number of benzene rings is 3. The van der Waals surface area contributed by atoms with Crippen LogP contribution in [-0.4, -0.2) is 20.2 Å².